The Labute approximate surface area is 200 Å². The summed E-state index contributed by atoms with van der Waals surface area (Å²) in [6, 6.07) is 14.0. The van der Waals surface area contributed by atoms with Crippen molar-refractivity contribution in [2.45, 2.75) is 57.3 Å². The van der Waals surface area contributed by atoms with Gasteiger partial charge in [-0.25, -0.2) is 0 Å². The lowest BCUT2D eigenvalue weighted by molar-refractivity contribution is -0.137. The lowest BCUT2D eigenvalue weighted by Gasteiger charge is -2.34. The van der Waals surface area contributed by atoms with Crippen molar-refractivity contribution in [1.82, 2.24) is 5.32 Å². The quantitative estimate of drug-likeness (QED) is 0.438. The number of rotatable bonds is 9. The Morgan fingerprint density at radius 1 is 1.06 bits per heavy atom. The van der Waals surface area contributed by atoms with Crippen LogP contribution in [0.3, 0.4) is 0 Å². The number of benzene rings is 2. The first kappa shape index (κ1) is 23.6. The predicted molar refractivity (Wildman–Crippen MR) is 130 cm³/mol. The van der Waals surface area contributed by atoms with Crippen LogP contribution in [0.4, 0.5) is 0 Å². The highest BCUT2D eigenvalue weighted by Crippen LogP contribution is 2.45. The van der Waals surface area contributed by atoms with E-state index in [0.717, 1.165) is 40.4 Å². The van der Waals surface area contributed by atoms with E-state index in [4.69, 9.17) is 21.4 Å². The highest BCUT2D eigenvalue weighted by Gasteiger charge is 2.39. The molecule has 1 aliphatic heterocycles. The summed E-state index contributed by atoms with van der Waals surface area (Å²) in [5.74, 6) is 0.771. The first-order chi connectivity index (χ1) is 16.0. The zero-order chi connectivity index (χ0) is 23.2. The first-order valence-electron chi connectivity index (χ1n) is 12.0. The van der Waals surface area contributed by atoms with Gasteiger partial charge in [0.05, 0.1) is 6.61 Å². The molecule has 1 amide bonds. The maximum absolute atomic E-state index is 12.6. The molecule has 33 heavy (non-hydrogen) atoms. The van der Waals surface area contributed by atoms with E-state index in [9.17, 15) is 9.59 Å². The van der Waals surface area contributed by atoms with Gasteiger partial charge in [-0.3, -0.25) is 9.59 Å². The molecule has 2 fully saturated rings. The Morgan fingerprint density at radius 2 is 1.79 bits per heavy atom. The largest absolute Gasteiger partial charge is 0.494 e. The fourth-order valence-electron chi connectivity index (χ4n) is 5.38. The number of nitrogens with one attached hydrogen (secondary N) is 1. The standard InChI is InChI=1S/C27H32ClNO4/c28-24-17-20(18-8-11-21(12-9-18)33-16-4-7-25(30)31)10-13-22(24)26(19-5-2-1-3-6-19)23-14-15-29-27(23)32/h8-13,17,19,23,26H,1-7,14-16H2,(H,29,32)(H,30,31). The predicted octanol–water partition coefficient (Wildman–Crippen LogP) is 6.05. The summed E-state index contributed by atoms with van der Waals surface area (Å²) in [4.78, 5) is 23.2. The highest BCUT2D eigenvalue weighted by atomic mass is 35.5. The van der Waals surface area contributed by atoms with Crippen LogP contribution in [-0.2, 0) is 9.59 Å². The lowest BCUT2D eigenvalue weighted by atomic mass is 9.70. The molecular formula is C27H32ClNO4. The summed E-state index contributed by atoms with van der Waals surface area (Å²) in [5, 5.41) is 12.5. The number of carboxylic acid groups (broad SMARTS) is 1. The minimum Gasteiger partial charge on any atom is -0.494 e. The molecule has 1 saturated carbocycles. The number of carbonyl (C=O) groups is 2. The van der Waals surface area contributed by atoms with Crippen molar-refractivity contribution in [1.29, 1.82) is 0 Å². The fourth-order valence-corrected chi connectivity index (χ4v) is 5.69. The molecule has 176 valence electrons. The van der Waals surface area contributed by atoms with E-state index in [-0.39, 0.29) is 24.2 Å². The van der Waals surface area contributed by atoms with E-state index in [0.29, 0.717) is 18.9 Å². The van der Waals surface area contributed by atoms with Gasteiger partial charge in [0.25, 0.3) is 0 Å². The molecular weight excluding hydrogens is 438 g/mol. The van der Waals surface area contributed by atoms with Crippen LogP contribution in [0.25, 0.3) is 11.1 Å². The maximum atomic E-state index is 12.6. The van der Waals surface area contributed by atoms with Crippen LogP contribution in [0, 0.1) is 11.8 Å². The Morgan fingerprint density at radius 3 is 2.42 bits per heavy atom. The minimum atomic E-state index is -0.812. The Hall–Kier alpha value is -2.53. The van der Waals surface area contributed by atoms with Gasteiger partial charge in [0.15, 0.2) is 0 Å². The fraction of sp³-hybridized carbons (Fsp3) is 0.481. The number of hydrogen-bond acceptors (Lipinski definition) is 3. The number of carbonyl (C=O) groups excluding carboxylic acids is 1. The van der Waals surface area contributed by atoms with Crippen molar-refractivity contribution in [3.05, 3.63) is 53.1 Å². The molecule has 0 aromatic heterocycles. The molecule has 0 radical (unpaired) electrons. The van der Waals surface area contributed by atoms with E-state index in [1.54, 1.807) is 0 Å². The maximum Gasteiger partial charge on any atom is 0.303 e. The van der Waals surface area contributed by atoms with Gasteiger partial charge < -0.3 is 15.2 Å². The normalized spacial score (nSPS) is 19.8. The van der Waals surface area contributed by atoms with Crippen molar-refractivity contribution in [3.8, 4) is 16.9 Å². The molecule has 2 unspecified atom stereocenters. The van der Waals surface area contributed by atoms with Crippen LogP contribution >= 0.6 is 11.6 Å². The van der Waals surface area contributed by atoms with E-state index >= 15 is 0 Å². The van der Waals surface area contributed by atoms with Crippen LogP contribution in [0.1, 0.15) is 62.8 Å². The molecule has 1 heterocycles. The molecule has 2 aromatic carbocycles. The average molecular weight is 470 g/mol. The van der Waals surface area contributed by atoms with Crippen LogP contribution in [0.15, 0.2) is 42.5 Å². The Kier molecular flexibility index (Phi) is 7.92. The third kappa shape index (κ3) is 5.89. The molecule has 1 aliphatic carbocycles. The summed E-state index contributed by atoms with van der Waals surface area (Å²) >= 11 is 6.86. The second-order valence-electron chi connectivity index (χ2n) is 9.22. The zero-order valence-corrected chi connectivity index (χ0v) is 19.7. The number of halogens is 1. The van der Waals surface area contributed by atoms with Gasteiger partial charge in [0.2, 0.25) is 5.91 Å². The minimum absolute atomic E-state index is 0.00834. The van der Waals surface area contributed by atoms with Gasteiger partial charge in [-0.15, -0.1) is 0 Å². The molecule has 1 saturated heterocycles. The van der Waals surface area contributed by atoms with Gasteiger partial charge in [0, 0.05) is 23.9 Å². The number of ether oxygens (including phenoxy) is 1. The summed E-state index contributed by atoms with van der Waals surface area (Å²) in [5.41, 5.74) is 3.17. The van der Waals surface area contributed by atoms with Crippen molar-refractivity contribution in [2.24, 2.45) is 11.8 Å². The van der Waals surface area contributed by atoms with Gasteiger partial charge in [-0.05, 0) is 72.4 Å². The topological polar surface area (TPSA) is 75.6 Å². The Bertz CT molecular complexity index is 969. The SMILES string of the molecule is O=C(O)CCCOc1ccc(-c2ccc(C(C3CCCCC3)C3CCNC3=O)c(Cl)c2)cc1. The van der Waals surface area contributed by atoms with Crippen molar-refractivity contribution < 1.29 is 19.4 Å². The summed E-state index contributed by atoms with van der Waals surface area (Å²) in [7, 11) is 0. The molecule has 0 bridgehead atoms. The molecule has 2 aliphatic rings. The smallest absolute Gasteiger partial charge is 0.303 e. The molecule has 2 N–H and O–H groups in total. The van der Waals surface area contributed by atoms with Gasteiger partial charge in [0.1, 0.15) is 5.75 Å². The van der Waals surface area contributed by atoms with Gasteiger partial charge >= 0.3 is 5.97 Å². The van der Waals surface area contributed by atoms with Crippen LogP contribution in [-0.4, -0.2) is 30.1 Å². The summed E-state index contributed by atoms with van der Waals surface area (Å²) < 4.78 is 5.63. The second-order valence-corrected chi connectivity index (χ2v) is 9.62. The average Bonchev–Trinajstić information content (AvgIpc) is 3.24. The van der Waals surface area contributed by atoms with Crippen molar-refractivity contribution >= 4 is 23.5 Å². The molecule has 4 rings (SSSR count). The lowest BCUT2D eigenvalue weighted by Crippen LogP contribution is -2.29. The molecule has 6 heteroatoms. The summed E-state index contributed by atoms with van der Waals surface area (Å²) in [6.07, 6.45) is 7.55. The second kappa shape index (κ2) is 11.1. The van der Waals surface area contributed by atoms with E-state index in [1.165, 1.54) is 32.1 Å². The van der Waals surface area contributed by atoms with Crippen LogP contribution in [0.5, 0.6) is 5.75 Å². The molecule has 0 spiro atoms. The third-order valence-electron chi connectivity index (χ3n) is 7.03. The molecule has 2 aromatic rings. The molecule has 2 atom stereocenters. The van der Waals surface area contributed by atoms with E-state index in [1.807, 2.05) is 30.3 Å². The van der Waals surface area contributed by atoms with Crippen LogP contribution < -0.4 is 10.1 Å². The highest BCUT2D eigenvalue weighted by molar-refractivity contribution is 6.31. The van der Waals surface area contributed by atoms with E-state index in [2.05, 4.69) is 17.4 Å². The zero-order valence-electron chi connectivity index (χ0n) is 18.9. The number of amides is 1. The van der Waals surface area contributed by atoms with E-state index < -0.39 is 5.97 Å². The first-order valence-corrected chi connectivity index (χ1v) is 12.4. The third-order valence-corrected chi connectivity index (χ3v) is 7.36. The van der Waals surface area contributed by atoms with Crippen molar-refractivity contribution in [3.63, 3.8) is 0 Å². The van der Waals surface area contributed by atoms with Crippen molar-refractivity contribution in [2.75, 3.05) is 13.2 Å². The van der Waals surface area contributed by atoms with Gasteiger partial charge in [-0.1, -0.05) is 55.1 Å². The number of aliphatic carboxylic acids is 1. The number of hydrogen-bond donors (Lipinski definition) is 2. The number of carboxylic acids is 1. The van der Waals surface area contributed by atoms with Crippen LogP contribution in [0.2, 0.25) is 5.02 Å². The van der Waals surface area contributed by atoms with Gasteiger partial charge in [-0.2, -0.15) is 0 Å². The Balaban J connectivity index is 1.50. The summed E-state index contributed by atoms with van der Waals surface area (Å²) in [6.45, 7) is 1.14. The molecule has 5 nitrogen and oxygen atoms in total. The monoisotopic (exact) mass is 469 g/mol.